The molecule has 0 aromatic carbocycles. The number of hydrogen-bond acceptors (Lipinski definition) is 4. The molecule has 0 aliphatic heterocycles. The van der Waals surface area contributed by atoms with Crippen LogP contribution in [0.15, 0.2) is 0 Å². The van der Waals surface area contributed by atoms with Gasteiger partial charge >= 0.3 is 5.97 Å². The smallest absolute Gasteiger partial charge is 0.302 e. The summed E-state index contributed by atoms with van der Waals surface area (Å²) in [5.74, 6) is -1.09. The van der Waals surface area contributed by atoms with E-state index in [1.54, 1.807) is 0 Å². The van der Waals surface area contributed by atoms with E-state index in [0.717, 1.165) is 0 Å². The van der Waals surface area contributed by atoms with Gasteiger partial charge in [-0.05, 0) is 13.8 Å². The Labute approximate surface area is 85.5 Å². The van der Waals surface area contributed by atoms with Gasteiger partial charge in [0, 0.05) is 26.6 Å². The summed E-state index contributed by atoms with van der Waals surface area (Å²) >= 11 is 0. The van der Waals surface area contributed by atoms with Crippen LogP contribution in [0.4, 0.5) is 0 Å². The van der Waals surface area contributed by atoms with Crippen LogP contribution in [0.1, 0.15) is 34.1 Å². The fourth-order valence-corrected chi connectivity index (χ4v) is 1.17. The highest BCUT2D eigenvalue weighted by Gasteiger charge is 2.30. The third-order valence-corrected chi connectivity index (χ3v) is 1.85. The Morgan fingerprint density at radius 3 is 1.93 bits per heavy atom. The van der Waals surface area contributed by atoms with Crippen molar-refractivity contribution in [2.45, 2.75) is 39.9 Å². The summed E-state index contributed by atoms with van der Waals surface area (Å²) in [6.45, 7) is 8.31. The van der Waals surface area contributed by atoms with Gasteiger partial charge in [0.2, 0.25) is 5.79 Å². The zero-order chi connectivity index (χ0) is 11.0. The monoisotopic (exact) mass is 204 g/mol. The van der Waals surface area contributed by atoms with Gasteiger partial charge in [-0.1, -0.05) is 6.92 Å². The number of rotatable bonds is 7. The summed E-state index contributed by atoms with van der Waals surface area (Å²) < 4.78 is 15.9. The highest BCUT2D eigenvalue weighted by Crippen LogP contribution is 2.18. The molecule has 0 spiro atoms. The number of hydrogen-bond donors (Lipinski definition) is 0. The second kappa shape index (κ2) is 6.79. The van der Waals surface area contributed by atoms with Crippen LogP contribution in [0, 0.1) is 0 Å². The standard InChI is InChI=1S/C10H20O4/c1-5-10(13-6-2,14-7-3)8-12-9(4)11/h5-8H2,1-4H3. The number of carbonyl (C=O) groups excluding carboxylic acids is 1. The highest BCUT2D eigenvalue weighted by atomic mass is 16.7. The molecule has 0 atom stereocenters. The molecule has 0 aliphatic carbocycles. The molecule has 0 radical (unpaired) electrons. The molecule has 0 N–H and O–H groups in total. The van der Waals surface area contributed by atoms with Crippen LogP contribution in [0.3, 0.4) is 0 Å². The van der Waals surface area contributed by atoms with Crippen molar-refractivity contribution in [3.8, 4) is 0 Å². The lowest BCUT2D eigenvalue weighted by Crippen LogP contribution is -2.41. The highest BCUT2D eigenvalue weighted by molar-refractivity contribution is 5.65. The van der Waals surface area contributed by atoms with Crippen molar-refractivity contribution in [1.29, 1.82) is 0 Å². The molecular formula is C10H20O4. The van der Waals surface area contributed by atoms with Crippen molar-refractivity contribution in [2.75, 3.05) is 19.8 Å². The minimum absolute atomic E-state index is 0.153. The van der Waals surface area contributed by atoms with Crippen molar-refractivity contribution >= 4 is 5.97 Å². The molecule has 14 heavy (non-hydrogen) atoms. The Bertz CT molecular complexity index is 162. The van der Waals surface area contributed by atoms with Gasteiger partial charge in [-0.3, -0.25) is 4.79 Å². The zero-order valence-electron chi connectivity index (χ0n) is 9.46. The molecular weight excluding hydrogens is 184 g/mol. The van der Waals surface area contributed by atoms with Crippen LogP contribution in [-0.4, -0.2) is 31.6 Å². The maximum Gasteiger partial charge on any atom is 0.302 e. The van der Waals surface area contributed by atoms with Crippen molar-refractivity contribution in [1.82, 2.24) is 0 Å². The third-order valence-electron chi connectivity index (χ3n) is 1.85. The predicted molar refractivity (Wildman–Crippen MR) is 52.9 cm³/mol. The van der Waals surface area contributed by atoms with E-state index in [1.807, 2.05) is 20.8 Å². The molecule has 0 amide bonds. The molecule has 0 bridgehead atoms. The summed E-state index contributed by atoms with van der Waals surface area (Å²) in [4.78, 5) is 10.7. The average molecular weight is 204 g/mol. The van der Waals surface area contributed by atoms with Gasteiger partial charge in [0.05, 0.1) is 0 Å². The van der Waals surface area contributed by atoms with Crippen molar-refractivity contribution in [2.24, 2.45) is 0 Å². The van der Waals surface area contributed by atoms with E-state index in [9.17, 15) is 4.79 Å². The van der Waals surface area contributed by atoms with Gasteiger partial charge in [0.15, 0.2) is 0 Å². The molecule has 0 fully saturated rings. The van der Waals surface area contributed by atoms with E-state index in [1.165, 1.54) is 6.92 Å². The molecule has 0 unspecified atom stereocenters. The lowest BCUT2D eigenvalue weighted by molar-refractivity contribution is -0.256. The number of ether oxygens (including phenoxy) is 3. The third kappa shape index (κ3) is 4.58. The Kier molecular flexibility index (Phi) is 6.49. The Morgan fingerprint density at radius 2 is 1.64 bits per heavy atom. The first-order valence-corrected chi connectivity index (χ1v) is 5.01. The van der Waals surface area contributed by atoms with Crippen molar-refractivity contribution in [3.63, 3.8) is 0 Å². The lowest BCUT2D eigenvalue weighted by atomic mass is 10.2. The first-order valence-electron chi connectivity index (χ1n) is 5.01. The van der Waals surface area contributed by atoms with Gasteiger partial charge in [0.25, 0.3) is 0 Å². The summed E-state index contributed by atoms with van der Waals surface area (Å²) in [5, 5.41) is 0. The molecule has 4 nitrogen and oxygen atoms in total. The number of carbonyl (C=O) groups is 1. The normalized spacial score (nSPS) is 11.4. The summed E-state index contributed by atoms with van der Waals surface area (Å²) in [5.41, 5.74) is 0. The Morgan fingerprint density at radius 1 is 1.14 bits per heavy atom. The van der Waals surface area contributed by atoms with E-state index in [0.29, 0.717) is 19.6 Å². The van der Waals surface area contributed by atoms with E-state index < -0.39 is 5.79 Å². The molecule has 0 heterocycles. The predicted octanol–water partition coefficient (Wildman–Crippen LogP) is 1.73. The molecule has 0 aromatic rings. The topological polar surface area (TPSA) is 44.8 Å². The van der Waals surface area contributed by atoms with Crippen LogP contribution in [0.5, 0.6) is 0 Å². The summed E-state index contributed by atoms with van der Waals surface area (Å²) in [6.07, 6.45) is 0.655. The summed E-state index contributed by atoms with van der Waals surface area (Å²) in [6, 6.07) is 0. The number of esters is 1. The van der Waals surface area contributed by atoms with Gasteiger partial charge in [-0.2, -0.15) is 0 Å². The lowest BCUT2D eigenvalue weighted by Gasteiger charge is -2.31. The van der Waals surface area contributed by atoms with Crippen LogP contribution in [0.25, 0.3) is 0 Å². The molecule has 0 aliphatic rings. The molecule has 0 saturated carbocycles. The van der Waals surface area contributed by atoms with Crippen LogP contribution >= 0.6 is 0 Å². The maximum atomic E-state index is 10.7. The average Bonchev–Trinajstić information content (AvgIpc) is 2.15. The summed E-state index contributed by atoms with van der Waals surface area (Å²) in [7, 11) is 0. The van der Waals surface area contributed by atoms with Crippen LogP contribution < -0.4 is 0 Å². The second-order valence-corrected chi connectivity index (χ2v) is 2.91. The minimum atomic E-state index is -0.769. The molecule has 0 saturated heterocycles. The van der Waals surface area contributed by atoms with Gasteiger partial charge in [-0.15, -0.1) is 0 Å². The van der Waals surface area contributed by atoms with Gasteiger partial charge < -0.3 is 14.2 Å². The zero-order valence-corrected chi connectivity index (χ0v) is 9.46. The molecule has 4 heteroatoms. The minimum Gasteiger partial charge on any atom is -0.460 e. The van der Waals surface area contributed by atoms with E-state index in [-0.39, 0.29) is 12.6 Å². The Hall–Kier alpha value is -0.610. The SMILES string of the molecule is CCOC(CC)(COC(C)=O)OCC. The largest absolute Gasteiger partial charge is 0.460 e. The van der Waals surface area contributed by atoms with Crippen LogP contribution in [0.2, 0.25) is 0 Å². The maximum absolute atomic E-state index is 10.7. The van der Waals surface area contributed by atoms with E-state index in [4.69, 9.17) is 14.2 Å². The quantitative estimate of drug-likeness (QED) is 0.468. The Balaban J connectivity index is 4.24. The molecule has 0 aromatic heterocycles. The van der Waals surface area contributed by atoms with Crippen molar-refractivity contribution in [3.05, 3.63) is 0 Å². The fraction of sp³-hybridized carbons (Fsp3) is 0.900. The van der Waals surface area contributed by atoms with Gasteiger partial charge in [0.1, 0.15) is 6.61 Å². The van der Waals surface area contributed by atoms with Crippen LogP contribution in [-0.2, 0) is 19.0 Å². The molecule has 84 valence electrons. The first kappa shape index (κ1) is 13.4. The van der Waals surface area contributed by atoms with Gasteiger partial charge in [-0.25, -0.2) is 0 Å². The van der Waals surface area contributed by atoms with Crippen molar-refractivity contribution < 1.29 is 19.0 Å². The van der Waals surface area contributed by atoms with E-state index >= 15 is 0 Å². The molecule has 0 rings (SSSR count). The fourth-order valence-electron chi connectivity index (χ4n) is 1.17. The second-order valence-electron chi connectivity index (χ2n) is 2.91. The van der Waals surface area contributed by atoms with E-state index in [2.05, 4.69) is 0 Å². The first-order chi connectivity index (χ1) is 6.60.